The average molecular weight is 562 g/mol. The van der Waals surface area contributed by atoms with Gasteiger partial charge in [-0.05, 0) is 78.3 Å². The highest BCUT2D eigenvalue weighted by molar-refractivity contribution is 5.94. The van der Waals surface area contributed by atoms with Gasteiger partial charge in [0.2, 0.25) is 0 Å². The lowest BCUT2D eigenvalue weighted by Crippen LogP contribution is -2.31. The van der Waals surface area contributed by atoms with Gasteiger partial charge in [-0.3, -0.25) is 14.4 Å². The first kappa shape index (κ1) is 27.3. The summed E-state index contributed by atoms with van der Waals surface area (Å²) >= 11 is 0. The minimum absolute atomic E-state index is 0.190. The molecule has 3 aromatic heterocycles. The molecule has 0 saturated heterocycles. The number of nitrogens with zero attached hydrogens (tertiary/aromatic N) is 6. The van der Waals surface area contributed by atoms with Crippen LogP contribution in [-0.4, -0.2) is 54.6 Å². The number of carbonyl (C=O) groups is 1. The number of Topliss-reactive ketones (excluding diaryl/α,β-unsaturated/α-hetero) is 1. The van der Waals surface area contributed by atoms with E-state index in [0.717, 1.165) is 57.3 Å². The minimum Gasteiger partial charge on any atom is -0.346 e. The number of carbonyl (C=O) groups excluding carboxylic acids is 1. The zero-order valence-corrected chi connectivity index (χ0v) is 23.7. The normalized spacial score (nSPS) is 11.5. The van der Waals surface area contributed by atoms with E-state index in [2.05, 4.69) is 45.2 Å². The van der Waals surface area contributed by atoms with Crippen LogP contribution in [0.1, 0.15) is 19.4 Å². The third-order valence-corrected chi connectivity index (χ3v) is 7.50. The van der Waals surface area contributed by atoms with Crippen LogP contribution < -0.4 is 5.32 Å². The molecule has 0 atom stereocenters. The molecule has 0 aliphatic heterocycles. The van der Waals surface area contributed by atoms with Crippen LogP contribution in [0.2, 0.25) is 0 Å². The maximum absolute atomic E-state index is 13.6. The van der Waals surface area contributed by atoms with Gasteiger partial charge >= 0.3 is 0 Å². The van der Waals surface area contributed by atoms with Crippen molar-refractivity contribution >= 4 is 39.1 Å². The third kappa shape index (κ3) is 5.91. The van der Waals surface area contributed by atoms with Gasteiger partial charge in [-0.25, -0.2) is 14.4 Å². The van der Waals surface area contributed by atoms with Crippen molar-refractivity contribution in [1.29, 1.82) is 0 Å². The van der Waals surface area contributed by atoms with Crippen molar-refractivity contribution in [3.8, 4) is 11.1 Å². The summed E-state index contributed by atoms with van der Waals surface area (Å²) in [6.45, 7) is 7.16. The van der Waals surface area contributed by atoms with Crippen molar-refractivity contribution in [3.63, 3.8) is 0 Å². The number of aromatic nitrogens is 5. The summed E-state index contributed by atoms with van der Waals surface area (Å²) in [6.07, 6.45) is 7.32. The van der Waals surface area contributed by atoms with Gasteiger partial charge in [-0.2, -0.15) is 5.10 Å². The predicted molar refractivity (Wildman–Crippen MR) is 164 cm³/mol. The Morgan fingerprint density at radius 2 is 1.86 bits per heavy atom. The van der Waals surface area contributed by atoms with Gasteiger partial charge in [-0.15, -0.1) is 0 Å². The number of nitrogens with one attached hydrogen (secondary N) is 1. The highest BCUT2D eigenvalue weighted by Crippen LogP contribution is 2.30. The van der Waals surface area contributed by atoms with Gasteiger partial charge < -0.3 is 9.88 Å². The Morgan fingerprint density at radius 3 is 2.69 bits per heavy atom. The molecule has 3 heterocycles. The predicted octanol–water partition coefficient (Wildman–Crippen LogP) is 6.29. The molecule has 0 saturated carbocycles. The molecule has 0 bridgehead atoms. The fourth-order valence-corrected chi connectivity index (χ4v) is 5.23. The molecule has 8 nitrogen and oxygen atoms in total. The molecule has 0 spiro atoms. The number of hydrogen-bond acceptors (Lipinski definition) is 6. The van der Waals surface area contributed by atoms with Crippen molar-refractivity contribution in [2.24, 2.45) is 0 Å². The third-order valence-electron chi connectivity index (χ3n) is 7.50. The van der Waals surface area contributed by atoms with E-state index in [-0.39, 0.29) is 11.6 Å². The summed E-state index contributed by atoms with van der Waals surface area (Å²) in [5, 5.41) is 9.83. The molecule has 6 aromatic rings. The van der Waals surface area contributed by atoms with Crippen LogP contribution in [-0.2, 0) is 17.9 Å². The molecule has 212 valence electrons. The Labute approximate surface area is 243 Å². The molecule has 0 radical (unpaired) electrons. The monoisotopic (exact) mass is 561 g/mol. The molecule has 6 rings (SSSR count). The summed E-state index contributed by atoms with van der Waals surface area (Å²) in [4.78, 5) is 23.7. The highest BCUT2D eigenvalue weighted by Gasteiger charge is 2.12. The van der Waals surface area contributed by atoms with Gasteiger partial charge in [0.25, 0.3) is 0 Å². The molecule has 1 N–H and O–H groups in total. The minimum atomic E-state index is -0.255. The first-order valence-corrected chi connectivity index (χ1v) is 14.1. The van der Waals surface area contributed by atoms with Crippen molar-refractivity contribution in [2.45, 2.75) is 26.9 Å². The Kier molecular flexibility index (Phi) is 7.74. The first-order valence-electron chi connectivity index (χ1n) is 14.1. The number of benzene rings is 3. The number of fused-ring (bicyclic) bond motifs is 2. The fourth-order valence-electron chi connectivity index (χ4n) is 5.23. The number of likely N-dealkylation sites (N-methyl/N-ethyl adjacent to an activating group) is 1. The lowest BCUT2D eigenvalue weighted by Gasteiger charge is -2.16. The maximum Gasteiger partial charge on any atom is 0.166 e. The van der Waals surface area contributed by atoms with Crippen LogP contribution in [0.15, 0.2) is 91.6 Å². The summed E-state index contributed by atoms with van der Waals surface area (Å²) in [7, 11) is 0. The van der Waals surface area contributed by atoms with Gasteiger partial charge in [0, 0.05) is 28.9 Å². The molecule has 0 aliphatic carbocycles. The van der Waals surface area contributed by atoms with Crippen molar-refractivity contribution in [2.75, 3.05) is 25.0 Å². The zero-order chi connectivity index (χ0) is 29.1. The Hall–Kier alpha value is -4.89. The van der Waals surface area contributed by atoms with E-state index in [1.807, 2.05) is 70.3 Å². The first-order chi connectivity index (χ1) is 20.5. The Bertz CT molecular complexity index is 1870. The topological polar surface area (TPSA) is 80.9 Å². The lowest BCUT2D eigenvalue weighted by molar-refractivity contribution is -0.120. The second-order valence-electron chi connectivity index (χ2n) is 10.4. The van der Waals surface area contributed by atoms with E-state index in [1.165, 1.54) is 12.1 Å². The molecular formula is C33H32FN7O. The standard InChI is InChI=1S/C33H32FN7O/c1-3-39(4-2)20-29(42)21-40-13-12-25(19-40)24-8-10-31-30(16-24)33(36-22-35-31)38-28-9-11-32-26(15-28)17-37-41(32)18-23-6-5-7-27(34)14-23/h5-17,19,22H,3-4,18,20-21H2,1-2H3,(H,35,36,38). The second kappa shape index (κ2) is 11.9. The van der Waals surface area contributed by atoms with E-state index in [4.69, 9.17) is 0 Å². The molecular weight excluding hydrogens is 529 g/mol. The van der Waals surface area contributed by atoms with Gasteiger partial charge in [0.1, 0.15) is 18.0 Å². The largest absolute Gasteiger partial charge is 0.346 e. The lowest BCUT2D eigenvalue weighted by atomic mass is 10.1. The Balaban J connectivity index is 1.22. The number of anilines is 2. The van der Waals surface area contributed by atoms with E-state index in [1.54, 1.807) is 12.4 Å². The highest BCUT2D eigenvalue weighted by atomic mass is 19.1. The van der Waals surface area contributed by atoms with Crippen LogP contribution in [0.4, 0.5) is 15.9 Å². The number of hydrogen-bond donors (Lipinski definition) is 1. The summed E-state index contributed by atoms with van der Waals surface area (Å²) in [5.41, 5.74) is 5.55. The van der Waals surface area contributed by atoms with Crippen LogP contribution in [0.5, 0.6) is 0 Å². The smallest absolute Gasteiger partial charge is 0.166 e. The van der Waals surface area contributed by atoms with Gasteiger partial charge in [-0.1, -0.05) is 32.0 Å². The summed E-state index contributed by atoms with van der Waals surface area (Å²) in [6, 6.07) is 20.7. The maximum atomic E-state index is 13.6. The van der Waals surface area contributed by atoms with Crippen LogP contribution in [0.3, 0.4) is 0 Å². The second-order valence-corrected chi connectivity index (χ2v) is 10.4. The average Bonchev–Trinajstić information content (AvgIpc) is 3.63. The quantitative estimate of drug-likeness (QED) is 0.200. The van der Waals surface area contributed by atoms with Crippen molar-refractivity contribution < 1.29 is 9.18 Å². The van der Waals surface area contributed by atoms with Crippen LogP contribution in [0, 0.1) is 5.82 Å². The molecule has 0 unspecified atom stereocenters. The number of halogens is 1. The number of ketones is 1. The van der Waals surface area contributed by atoms with E-state index in [0.29, 0.717) is 25.5 Å². The van der Waals surface area contributed by atoms with E-state index < -0.39 is 0 Å². The van der Waals surface area contributed by atoms with Gasteiger partial charge in [0.15, 0.2) is 5.78 Å². The number of rotatable bonds is 11. The zero-order valence-electron chi connectivity index (χ0n) is 23.7. The molecule has 9 heteroatoms. The van der Waals surface area contributed by atoms with Gasteiger partial charge in [0.05, 0.1) is 36.9 Å². The van der Waals surface area contributed by atoms with Crippen molar-refractivity contribution in [3.05, 3.63) is 103 Å². The molecule has 42 heavy (non-hydrogen) atoms. The summed E-state index contributed by atoms with van der Waals surface area (Å²) < 4.78 is 17.5. The fraction of sp³-hybridized carbons (Fsp3) is 0.212. The van der Waals surface area contributed by atoms with Crippen LogP contribution >= 0.6 is 0 Å². The van der Waals surface area contributed by atoms with E-state index in [9.17, 15) is 9.18 Å². The molecule has 3 aromatic carbocycles. The van der Waals surface area contributed by atoms with Crippen molar-refractivity contribution in [1.82, 2.24) is 29.2 Å². The SMILES string of the molecule is CCN(CC)CC(=O)Cn1ccc(-c2ccc3ncnc(Nc4ccc5c(cnn5Cc5cccc(F)c5)c4)c3c2)c1. The van der Waals surface area contributed by atoms with Crippen LogP contribution in [0.25, 0.3) is 32.9 Å². The molecule has 0 aliphatic rings. The molecule has 0 fully saturated rings. The Morgan fingerprint density at radius 1 is 0.976 bits per heavy atom. The summed E-state index contributed by atoms with van der Waals surface area (Å²) in [5.74, 6) is 0.632. The van der Waals surface area contributed by atoms with E-state index >= 15 is 0 Å². The molecule has 0 amide bonds.